The minimum atomic E-state index is 0. The van der Waals surface area contributed by atoms with E-state index in [0.717, 1.165) is 0 Å². The first kappa shape index (κ1) is 78.2. The summed E-state index contributed by atoms with van der Waals surface area (Å²) in [5.74, 6) is 0. The zero-order valence-corrected chi connectivity index (χ0v) is 7.14. The Labute approximate surface area is 90.0 Å². The molecule has 0 N–H and O–H groups in total. The fraction of sp³-hybridized carbons (Fsp3) is 0. The summed E-state index contributed by atoms with van der Waals surface area (Å²) in [6, 6.07) is 0. The Bertz CT molecular complexity index is 97.3. The third kappa shape index (κ3) is 81.6. The maximum Gasteiger partial charge on any atom is 6.00 e. The first-order valence-electron chi connectivity index (χ1n) is 1.34. The molecule has 0 rings (SSSR count). The van der Waals surface area contributed by atoms with Gasteiger partial charge in [-0.25, -0.2) is 0 Å². The van der Waals surface area contributed by atoms with Gasteiger partial charge in [0.25, 0.3) is 0 Å². The molecular formula is C6HFeN6+. The van der Waals surface area contributed by atoms with Crippen molar-refractivity contribution in [1.82, 2.24) is 0 Å². The molecule has 0 saturated heterocycles. The van der Waals surface area contributed by atoms with Gasteiger partial charge in [-0.2, -0.15) is 0 Å². The van der Waals surface area contributed by atoms with Gasteiger partial charge in [-0.1, -0.05) is 0 Å². The average molecular weight is 213 g/mol. The smallest absolute Gasteiger partial charge is 0.512 e. The predicted molar refractivity (Wildman–Crippen MR) is 30.9 cm³/mol. The van der Waals surface area contributed by atoms with Crippen molar-refractivity contribution < 1.29 is 18.5 Å². The fourth-order valence-electron chi connectivity index (χ4n) is 0. The van der Waals surface area contributed by atoms with E-state index in [4.69, 9.17) is 71.0 Å². The van der Waals surface area contributed by atoms with Crippen LogP contribution in [-0.4, -0.2) is 0 Å². The van der Waals surface area contributed by atoms with Gasteiger partial charge in [0, 0.05) is 0 Å². The molecule has 13 heavy (non-hydrogen) atoms. The summed E-state index contributed by atoms with van der Waals surface area (Å²) in [6.45, 7) is 28.5. The Morgan fingerprint density at radius 3 is 0.385 bits per heavy atom. The van der Waals surface area contributed by atoms with E-state index in [2.05, 4.69) is 0 Å². The number of rotatable bonds is 0. The van der Waals surface area contributed by atoms with Gasteiger partial charge in [0.05, 0.1) is 0 Å². The van der Waals surface area contributed by atoms with Crippen LogP contribution < -0.4 is 0 Å². The van der Waals surface area contributed by atoms with E-state index in [1.807, 2.05) is 0 Å². The van der Waals surface area contributed by atoms with Gasteiger partial charge in [-0.05, 0) is 0 Å². The molecule has 0 unspecified atom stereocenters. The minimum Gasteiger partial charge on any atom is -0.512 e. The molecule has 6 nitrogen and oxygen atoms in total. The van der Waals surface area contributed by atoms with Gasteiger partial charge in [0.2, 0.25) is 0 Å². The summed E-state index contributed by atoms with van der Waals surface area (Å²) in [5, 5.41) is 37.5. The van der Waals surface area contributed by atoms with Gasteiger partial charge < -0.3 is 71.0 Å². The molecule has 0 aliphatic heterocycles. The molecule has 0 aromatic heterocycles. The first-order valence-corrected chi connectivity index (χ1v) is 1.34. The van der Waals surface area contributed by atoms with Crippen molar-refractivity contribution in [1.29, 1.82) is 31.6 Å². The van der Waals surface area contributed by atoms with Gasteiger partial charge in [0.15, 0.2) is 0 Å². The quantitative estimate of drug-likeness (QED) is 0.427. The molecule has 0 amide bonds. The number of hydrogen-bond donors (Lipinski definition) is 0. The van der Waals surface area contributed by atoms with Gasteiger partial charge in [-0.15, -0.1) is 0 Å². The molecule has 0 atom stereocenters. The first-order chi connectivity index (χ1) is 6.00. The monoisotopic (exact) mass is 213 g/mol. The van der Waals surface area contributed by atoms with Crippen molar-refractivity contribution in [3.63, 3.8) is 0 Å². The van der Waals surface area contributed by atoms with Crippen LogP contribution in [0.4, 0.5) is 0 Å². The molecule has 0 aromatic carbocycles. The molecule has 0 aromatic rings. The van der Waals surface area contributed by atoms with E-state index < -0.39 is 0 Å². The summed E-state index contributed by atoms with van der Waals surface area (Å²) in [6.07, 6.45) is 0. The molecule has 0 radical (unpaired) electrons. The molecule has 0 aliphatic rings. The van der Waals surface area contributed by atoms with Crippen LogP contribution in [0.25, 0.3) is 0 Å². The van der Waals surface area contributed by atoms with Crippen LogP contribution in [0.5, 0.6) is 0 Å². The molecule has 0 saturated carbocycles. The van der Waals surface area contributed by atoms with E-state index >= 15 is 0 Å². The van der Waals surface area contributed by atoms with Crippen molar-refractivity contribution in [3.8, 4) is 0 Å². The third-order valence-corrected chi connectivity index (χ3v) is 0. The van der Waals surface area contributed by atoms with Crippen molar-refractivity contribution >= 4 is 0 Å². The van der Waals surface area contributed by atoms with Crippen LogP contribution in [0.3, 0.4) is 0 Å². The Morgan fingerprint density at radius 2 is 0.385 bits per heavy atom. The van der Waals surface area contributed by atoms with E-state index in [1.165, 1.54) is 0 Å². The third-order valence-electron chi connectivity index (χ3n) is 0. The van der Waals surface area contributed by atoms with Crippen LogP contribution >= 0.6 is 0 Å². The van der Waals surface area contributed by atoms with Crippen LogP contribution in [0.2, 0.25) is 0 Å². The molecule has 7 heteroatoms. The molecular weight excluding hydrogens is 212 g/mol. The zero-order chi connectivity index (χ0) is 12.0. The second kappa shape index (κ2) is 105. The van der Waals surface area contributed by atoms with Crippen molar-refractivity contribution in [2.75, 3.05) is 0 Å². The van der Waals surface area contributed by atoms with Crippen LogP contribution in [0.15, 0.2) is 0 Å². The number of hydrogen-bond acceptors (Lipinski definition) is 6. The van der Waals surface area contributed by atoms with Gasteiger partial charge >= 0.3 is 18.5 Å². The largest absolute Gasteiger partial charge is 6.00 e. The van der Waals surface area contributed by atoms with Gasteiger partial charge in [-0.3, -0.25) is 0 Å². The summed E-state index contributed by atoms with van der Waals surface area (Å²) in [4.78, 5) is 0. The van der Waals surface area contributed by atoms with E-state index in [1.54, 1.807) is 0 Å². The fourth-order valence-corrected chi connectivity index (χ4v) is 0. The average Bonchev–Trinajstić information content (AvgIpc) is 2.33. The number of nitrogens with zero attached hydrogens (tertiary/aromatic N) is 6. The minimum absolute atomic E-state index is 0. The van der Waals surface area contributed by atoms with E-state index in [9.17, 15) is 0 Å². The summed E-state index contributed by atoms with van der Waals surface area (Å²) >= 11 is 0. The second-order valence-corrected chi connectivity index (χ2v) is 0. The Balaban J connectivity index is -0.00000000500. The van der Waals surface area contributed by atoms with Crippen LogP contribution in [0.1, 0.15) is 1.43 Å². The second-order valence-electron chi connectivity index (χ2n) is 0. The SMILES string of the molecule is [C-]#N.[C-]#N.[C-]#N.[C-]#N.[C-]#N.[C-]#N.[Fe+6].[H+]. The standard InChI is InChI=1S/6CN.Fe/c6*1-2;/q6*-1;+6/p+1. The van der Waals surface area contributed by atoms with Crippen molar-refractivity contribution in [2.45, 2.75) is 0 Å². The maximum absolute atomic E-state index is 6.25. The summed E-state index contributed by atoms with van der Waals surface area (Å²) < 4.78 is 0. The Morgan fingerprint density at radius 1 is 0.385 bits per heavy atom. The van der Waals surface area contributed by atoms with Crippen molar-refractivity contribution in [3.05, 3.63) is 39.4 Å². The molecule has 0 bridgehead atoms. The normalized spacial score (nSPS) is 0.923. The summed E-state index contributed by atoms with van der Waals surface area (Å²) in [5.41, 5.74) is 0. The maximum atomic E-state index is 6.25. The van der Waals surface area contributed by atoms with Crippen LogP contribution in [0, 0.1) is 71.0 Å². The Kier molecular flexibility index (Phi) is 631. The Hall–Kier alpha value is -2.54. The van der Waals surface area contributed by atoms with E-state index in [-0.39, 0.29) is 18.5 Å². The molecule has 0 aliphatic carbocycles. The molecule has 62 valence electrons. The topological polar surface area (TPSA) is 143 Å². The van der Waals surface area contributed by atoms with Gasteiger partial charge in [0.1, 0.15) is 0 Å². The predicted octanol–water partition coefficient (Wildman–Crippen LogP) is 0.688. The zero-order valence-electron chi connectivity index (χ0n) is 7.04. The van der Waals surface area contributed by atoms with E-state index in [0.29, 0.717) is 0 Å². The molecule has 0 spiro atoms. The van der Waals surface area contributed by atoms with Crippen LogP contribution in [-0.2, 0) is 17.1 Å². The molecule has 0 heterocycles. The summed E-state index contributed by atoms with van der Waals surface area (Å²) in [7, 11) is 0. The van der Waals surface area contributed by atoms with Crippen molar-refractivity contribution in [2.24, 2.45) is 0 Å². The molecule has 0 fully saturated rings.